The third-order valence-corrected chi connectivity index (χ3v) is 7.21. The first-order valence-corrected chi connectivity index (χ1v) is 12.2. The van der Waals surface area contributed by atoms with Crippen molar-refractivity contribution in [1.29, 1.82) is 0 Å². The molecule has 1 amide bonds. The first-order chi connectivity index (χ1) is 16.6. The number of ether oxygens (including phenoxy) is 1. The smallest absolute Gasteiger partial charge is 0.232 e. The number of hydrogen-bond acceptors (Lipinski definition) is 3. The van der Waals surface area contributed by atoms with Crippen LogP contribution >= 0.6 is 0 Å². The van der Waals surface area contributed by atoms with Crippen LogP contribution in [-0.4, -0.2) is 37.0 Å². The number of nitrogens with zero attached hydrogens (tertiary/aromatic N) is 1. The Morgan fingerprint density at radius 2 is 1.62 bits per heavy atom. The summed E-state index contributed by atoms with van der Waals surface area (Å²) >= 11 is 0. The molecule has 0 bridgehead atoms. The number of fused-ring (bicyclic) bond motifs is 2. The quantitative estimate of drug-likeness (QED) is 0.508. The highest BCUT2D eigenvalue weighted by Gasteiger charge is 2.42. The van der Waals surface area contributed by atoms with E-state index in [1.807, 2.05) is 66.7 Å². The summed E-state index contributed by atoms with van der Waals surface area (Å²) in [6.07, 6.45) is 2.64. The van der Waals surface area contributed by atoms with Crippen LogP contribution in [-0.2, 0) is 21.7 Å². The molecule has 2 aliphatic heterocycles. The van der Waals surface area contributed by atoms with Gasteiger partial charge in [-0.1, -0.05) is 66.7 Å². The second-order valence-electron chi connectivity index (χ2n) is 9.33. The highest BCUT2D eigenvalue weighted by molar-refractivity contribution is 5.87. The number of carbonyl (C=O) groups is 1. The molecular formula is C29H31FN2O2. The summed E-state index contributed by atoms with van der Waals surface area (Å²) in [5, 5.41) is 3.16. The van der Waals surface area contributed by atoms with Gasteiger partial charge in [0.1, 0.15) is 5.82 Å². The Morgan fingerprint density at radius 3 is 2.26 bits per heavy atom. The molecule has 4 nitrogen and oxygen atoms in total. The van der Waals surface area contributed by atoms with E-state index in [1.54, 1.807) is 6.07 Å². The lowest BCUT2D eigenvalue weighted by atomic mass is 9.83. The van der Waals surface area contributed by atoms with Gasteiger partial charge >= 0.3 is 0 Å². The molecule has 1 spiro atoms. The number of likely N-dealkylation sites (tertiary alicyclic amines) is 1. The molecular weight excluding hydrogens is 427 g/mol. The Labute approximate surface area is 200 Å². The fourth-order valence-electron chi connectivity index (χ4n) is 5.35. The van der Waals surface area contributed by atoms with Crippen LogP contribution in [0.1, 0.15) is 47.4 Å². The Bertz CT molecular complexity index is 1070. The Hall–Kier alpha value is -3.02. The normalized spacial score (nSPS) is 17.1. The fourth-order valence-corrected chi connectivity index (χ4v) is 5.35. The number of halogens is 1. The lowest BCUT2D eigenvalue weighted by Gasteiger charge is -2.39. The molecule has 0 aromatic heterocycles. The molecule has 34 heavy (non-hydrogen) atoms. The standard InChI is InChI=1S/C29H31FN2O2/c30-25-13-12-24-21-34-29(26(24)20-25)14-18-32(19-15-29)17-7-16-31-28(33)27(22-8-3-1-4-9-22)23-10-5-2-6-11-23/h1-6,8-13,20,27H,7,14-19,21H2,(H,31,33). The van der Waals surface area contributed by atoms with Crippen LogP contribution in [0.4, 0.5) is 4.39 Å². The number of carbonyl (C=O) groups excluding carboxylic acids is 1. The van der Waals surface area contributed by atoms with Gasteiger partial charge in [0, 0.05) is 19.6 Å². The Morgan fingerprint density at radius 1 is 0.971 bits per heavy atom. The molecule has 3 aromatic carbocycles. The summed E-state index contributed by atoms with van der Waals surface area (Å²) in [5.41, 5.74) is 3.82. The van der Waals surface area contributed by atoms with E-state index in [-0.39, 0.29) is 23.2 Å². The molecule has 5 rings (SSSR count). The summed E-state index contributed by atoms with van der Waals surface area (Å²) in [6, 6.07) is 24.9. The minimum Gasteiger partial charge on any atom is -0.365 e. The van der Waals surface area contributed by atoms with Crippen LogP contribution in [0.5, 0.6) is 0 Å². The van der Waals surface area contributed by atoms with Gasteiger partial charge in [-0.05, 0) is 60.2 Å². The van der Waals surface area contributed by atoms with E-state index in [4.69, 9.17) is 4.74 Å². The largest absolute Gasteiger partial charge is 0.365 e. The van der Waals surface area contributed by atoms with Crippen LogP contribution in [0.3, 0.4) is 0 Å². The molecule has 2 heterocycles. The molecule has 3 aromatic rings. The lowest BCUT2D eigenvalue weighted by molar-refractivity contribution is -0.121. The van der Waals surface area contributed by atoms with Crippen LogP contribution in [0.2, 0.25) is 0 Å². The highest BCUT2D eigenvalue weighted by Crippen LogP contribution is 2.44. The Balaban J connectivity index is 1.13. The average Bonchev–Trinajstić information content (AvgIpc) is 3.21. The van der Waals surface area contributed by atoms with Crippen molar-refractivity contribution in [3.05, 3.63) is 107 Å². The van der Waals surface area contributed by atoms with Gasteiger partial charge in [-0.15, -0.1) is 0 Å². The van der Waals surface area contributed by atoms with Gasteiger partial charge in [0.15, 0.2) is 0 Å². The molecule has 0 unspecified atom stereocenters. The molecule has 0 saturated carbocycles. The van der Waals surface area contributed by atoms with Crippen molar-refractivity contribution in [2.24, 2.45) is 0 Å². The number of hydrogen-bond donors (Lipinski definition) is 1. The van der Waals surface area contributed by atoms with Gasteiger partial charge in [-0.3, -0.25) is 4.79 Å². The molecule has 0 aliphatic carbocycles. The molecule has 1 fully saturated rings. The van der Waals surface area contributed by atoms with E-state index >= 15 is 0 Å². The highest BCUT2D eigenvalue weighted by atomic mass is 19.1. The van der Waals surface area contributed by atoms with Gasteiger partial charge in [0.05, 0.1) is 18.1 Å². The van der Waals surface area contributed by atoms with Crippen molar-refractivity contribution in [1.82, 2.24) is 10.2 Å². The number of benzene rings is 3. The number of piperidine rings is 1. The van der Waals surface area contributed by atoms with Crippen LogP contribution in [0.25, 0.3) is 0 Å². The monoisotopic (exact) mass is 458 g/mol. The molecule has 5 heteroatoms. The third-order valence-electron chi connectivity index (χ3n) is 7.21. The maximum absolute atomic E-state index is 13.8. The molecule has 176 valence electrons. The van der Waals surface area contributed by atoms with Crippen molar-refractivity contribution in [3.63, 3.8) is 0 Å². The van der Waals surface area contributed by atoms with Crippen molar-refractivity contribution < 1.29 is 13.9 Å². The zero-order chi connectivity index (χ0) is 23.4. The van der Waals surface area contributed by atoms with Crippen molar-refractivity contribution in [2.45, 2.75) is 37.4 Å². The molecule has 2 aliphatic rings. The minimum atomic E-state index is -0.333. The molecule has 1 saturated heterocycles. The summed E-state index contributed by atoms with van der Waals surface area (Å²) in [5.74, 6) is -0.462. The summed E-state index contributed by atoms with van der Waals surface area (Å²) in [6.45, 7) is 3.97. The van der Waals surface area contributed by atoms with E-state index in [9.17, 15) is 9.18 Å². The predicted octanol–water partition coefficient (Wildman–Crippen LogP) is 4.99. The maximum atomic E-state index is 13.8. The molecule has 1 N–H and O–H groups in total. The van der Waals surface area contributed by atoms with Crippen LogP contribution in [0.15, 0.2) is 78.9 Å². The zero-order valence-corrected chi connectivity index (χ0v) is 19.4. The van der Waals surface area contributed by atoms with Crippen molar-refractivity contribution >= 4 is 5.91 Å². The maximum Gasteiger partial charge on any atom is 0.232 e. The minimum absolute atomic E-state index is 0.0352. The van der Waals surface area contributed by atoms with Gasteiger partial charge < -0.3 is 15.0 Å². The first-order valence-electron chi connectivity index (χ1n) is 12.2. The van der Waals surface area contributed by atoms with E-state index in [0.717, 1.165) is 61.2 Å². The van der Waals surface area contributed by atoms with E-state index in [1.165, 1.54) is 6.07 Å². The zero-order valence-electron chi connectivity index (χ0n) is 19.4. The summed E-state index contributed by atoms with van der Waals surface area (Å²) < 4.78 is 20.0. The van der Waals surface area contributed by atoms with Gasteiger partial charge in [-0.2, -0.15) is 0 Å². The number of nitrogens with one attached hydrogen (secondary N) is 1. The van der Waals surface area contributed by atoms with Crippen molar-refractivity contribution in [3.8, 4) is 0 Å². The summed E-state index contributed by atoms with van der Waals surface area (Å²) in [4.78, 5) is 15.6. The number of amides is 1. The molecule has 0 atom stereocenters. The first kappa shape index (κ1) is 22.8. The second-order valence-corrected chi connectivity index (χ2v) is 9.33. The third kappa shape index (κ3) is 4.77. The topological polar surface area (TPSA) is 41.6 Å². The molecule has 0 radical (unpaired) electrons. The average molecular weight is 459 g/mol. The van der Waals surface area contributed by atoms with Gasteiger partial charge in [0.25, 0.3) is 0 Å². The van der Waals surface area contributed by atoms with Gasteiger partial charge in [0.2, 0.25) is 5.91 Å². The second kappa shape index (κ2) is 10.1. The number of rotatable bonds is 7. The van der Waals surface area contributed by atoms with E-state index < -0.39 is 0 Å². The van der Waals surface area contributed by atoms with Crippen LogP contribution in [0, 0.1) is 5.82 Å². The van der Waals surface area contributed by atoms with Crippen molar-refractivity contribution in [2.75, 3.05) is 26.2 Å². The Kier molecular flexibility index (Phi) is 6.75. The van der Waals surface area contributed by atoms with Gasteiger partial charge in [-0.25, -0.2) is 4.39 Å². The van der Waals surface area contributed by atoms with E-state index in [0.29, 0.717) is 13.2 Å². The predicted molar refractivity (Wildman–Crippen MR) is 131 cm³/mol. The fraction of sp³-hybridized carbons (Fsp3) is 0.345. The summed E-state index contributed by atoms with van der Waals surface area (Å²) in [7, 11) is 0. The van der Waals surface area contributed by atoms with E-state index in [2.05, 4.69) is 10.2 Å². The van der Waals surface area contributed by atoms with Crippen LogP contribution < -0.4 is 5.32 Å². The lowest BCUT2D eigenvalue weighted by Crippen LogP contribution is -2.43. The SMILES string of the molecule is O=C(NCCCN1CCC2(CC1)OCc1ccc(F)cc12)C(c1ccccc1)c1ccccc1.